The highest BCUT2D eigenvalue weighted by Crippen LogP contribution is 2.19. The maximum Gasteiger partial charge on any atom is 0.0205 e. The Hall–Kier alpha value is -1.34. The maximum absolute atomic E-state index is 3.19. The van der Waals surface area contributed by atoms with Crippen LogP contribution in [-0.2, 0) is 6.54 Å². The zero-order chi connectivity index (χ0) is 9.97. The average molecular weight is 185 g/mol. The van der Waals surface area contributed by atoms with Gasteiger partial charge in [-0.05, 0) is 41.9 Å². The van der Waals surface area contributed by atoms with Gasteiger partial charge in [-0.3, -0.25) is 0 Å². The molecule has 2 rings (SSSR count). The van der Waals surface area contributed by atoms with E-state index in [9.17, 15) is 0 Å². The predicted molar refractivity (Wildman–Crippen MR) is 61.4 cm³/mol. The summed E-state index contributed by atoms with van der Waals surface area (Å²) < 4.78 is 0. The van der Waals surface area contributed by atoms with Crippen LogP contribution in [0.5, 0.6) is 0 Å². The van der Waals surface area contributed by atoms with E-state index in [1.165, 1.54) is 21.9 Å². The maximum atomic E-state index is 3.19. The molecule has 0 aromatic heterocycles. The first-order valence-electron chi connectivity index (χ1n) is 4.94. The molecule has 0 saturated heterocycles. The van der Waals surface area contributed by atoms with Crippen molar-refractivity contribution in [2.24, 2.45) is 0 Å². The van der Waals surface area contributed by atoms with Crippen molar-refractivity contribution in [2.75, 3.05) is 7.05 Å². The minimum atomic E-state index is 0.941. The van der Waals surface area contributed by atoms with E-state index in [2.05, 4.69) is 48.6 Å². The van der Waals surface area contributed by atoms with Crippen molar-refractivity contribution in [3.63, 3.8) is 0 Å². The summed E-state index contributed by atoms with van der Waals surface area (Å²) in [4.78, 5) is 0. The number of rotatable bonds is 2. The second kappa shape index (κ2) is 3.81. The summed E-state index contributed by atoms with van der Waals surface area (Å²) in [7, 11) is 1.98. The zero-order valence-electron chi connectivity index (χ0n) is 8.67. The second-order valence-electron chi connectivity index (χ2n) is 3.66. The second-order valence-corrected chi connectivity index (χ2v) is 3.66. The smallest absolute Gasteiger partial charge is 0.0205 e. The third-order valence-electron chi connectivity index (χ3n) is 2.57. The molecule has 0 amide bonds. The highest BCUT2D eigenvalue weighted by atomic mass is 14.8. The van der Waals surface area contributed by atoms with Crippen molar-refractivity contribution in [1.82, 2.24) is 5.32 Å². The molecule has 0 aliphatic carbocycles. The third kappa shape index (κ3) is 1.64. The first kappa shape index (κ1) is 9.22. The monoisotopic (exact) mass is 185 g/mol. The first-order chi connectivity index (χ1) is 6.81. The van der Waals surface area contributed by atoms with Gasteiger partial charge in [-0.15, -0.1) is 0 Å². The van der Waals surface area contributed by atoms with Crippen LogP contribution in [0, 0.1) is 6.92 Å². The number of aryl methyl sites for hydroxylation is 1. The quantitative estimate of drug-likeness (QED) is 0.758. The molecule has 0 spiro atoms. The Morgan fingerprint density at radius 2 is 1.71 bits per heavy atom. The number of hydrogen-bond donors (Lipinski definition) is 1. The largest absolute Gasteiger partial charge is 0.316 e. The first-order valence-corrected chi connectivity index (χ1v) is 4.94. The van der Waals surface area contributed by atoms with Gasteiger partial charge in [0.25, 0.3) is 0 Å². The Morgan fingerprint density at radius 1 is 1.07 bits per heavy atom. The van der Waals surface area contributed by atoms with Gasteiger partial charge in [0, 0.05) is 6.54 Å². The SMILES string of the molecule is CNCc1cc2ccccc2cc1C. The zero-order valence-corrected chi connectivity index (χ0v) is 8.67. The summed E-state index contributed by atoms with van der Waals surface area (Å²) in [6, 6.07) is 13.0. The fourth-order valence-corrected chi connectivity index (χ4v) is 1.78. The summed E-state index contributed by atoms with van der Waals surface area (Å²) in [6.45, 7) is 3.11. The third-order valence-corrected chi connectivity index (χ3v) is 2.57. The van der Waals surface area contributed by atoms with E-state index < -0.39 is 0 Å². The predicted octanol–water partition coefficient (Wildman–Crippen LogP) is 2.87. The number of nitrogens with one attached hydrogen (secondary N) is 1. The van der Waals surface area contributed by atoms with Crippen molar-refractivity contribution >= 4 is 10.8 Å². The molecule has 0 bridgehead atoms. The van der Waals surface area contributed by atoms with Crippen LogP contribution in [-0.4, -0.2) is 7.05 Å². The van der Waals surface area contributed by atoms with Crippen LogP contribution in [0.1, 0.15) is 11.1 Å². The van der Waals surface area contributed by atoms with Gasteiger partial charge in [0.2, 0.25) is 0 Å². The van der Waals surface area contributed by atoms with E-state index in [1.54, 1.807) is 0 Å². The number of fused-ring (bicyclic) bond motifs is 1. The summed E-state index contributed by atoms with van der Waals surface area (Å²) in [6.07, 6.45) is 0. The van der Waals surface area contributed by atoms with Gasteiger partial charge < -0.3 is 5.32 Å². The van der Waals surface area contributed by atoms with Gasteiger partial charge in [-0.2, -0.15) is 0 Å². The lowest BCUT2D eigenvalue weighted by atomic mass is 10.0. The van der Waals surface area contributed by atoms with Gasteiger partial charge in [0.1, 0.15) is 0 Å². The summed E-state index contributed by atoms with van der Waals surface area (Å²) in [5.41, 5.74) is 2.74. The van der Waals surface area contributed by atoms with Crippen LogP contribution in [0.4, 0.5) is 0 Å². The van der Waals surface area contributed by atoms with E-state index in [-0.39, 0.29) is 0 Å². The minimum absolute atomic E-state index is 0.941. The molecule has 0 unspecified atom stereocenters. The van der Waals surface area contributed by atoms with Crippen molar-refractivity contribution in [3.05, 3.63) is 47.5 Å². The molecular weight excluding hydrogens is 170 g/mol. The highest BCUT2D eigenvalue weighted by molar-refractivity contribution is 5.83. The molecule has 2 aromatic carbocycles. The molecule has 1 N–H and O–H groups in total. The fourth-order valence-electron chi connectivity index (χ4n) is 1.78. The molecule has 0 atom stereocenters. The lowest BCUT2D eigenvalue weighted by Gasteiger charge is -2.07. The van der Waals surface area contributed by atoms with Crippen molar-refractivity contribution in [1.29, 1.82) is 0 Å². The molecule has 0 heterocycles. The Kier molecular flexibility index (Phi) is 2.51. The lowest BCUT2D eigenvalue weighted by Crippen LogP contribution is -2.06. The molecule has 0 fully saturated rings. The van der Waals surface area contributed by atoms with Crippen molar-refractivity contribution < 1.29 is 0 Å². The van der Waals surface area contributed by atoms with Crippen molar-refractivity contribution in [2.45, 2.75) is 13.5 Å². The molecule has 72 valence electrons. The Bertz CT molecular complexity index is 446. The topological polar surface area (TPSA) is 12.0 Å². The van der Waals surface area contributed by atoms with Gasteiger partial charge in [0.05, 0.1) is 0 Å². The molecule has 0 aliphatic rings. The van der Waals surface area contributed by atoms with E-state index in [0.717, 1.165) is 6.54 Å². The van der Waals surface area contributed by atoms with Crippen LogP contribution in [0.2, 0.25) is 0 Å². The number of benzene rings is 2. The summed E-state index contributed by atoms with van der Waals surface area (Å²) >= 11 is 0. The van der Waals surface area contributed by atoms with E-state index >= 15 is 0 Å². The van der Waals surface area contributed by atoms with Crippen LogP contribution < -0.4 is 5.32 Å². The molecule has 0 saturated carbocycles. The van der Waals surface area contributed by atoms with E-state index in [1.807, 2.05) is 7.05 Å². The van der Waals surface area contributed by atoms with Crippen LogP contribution in [0.15, 0.2) is 36.4 Å². The van der Waals surface area contributed by atoms with Crippen LogP contribution >= 0.6 is 0 Å². The molecule has 1 nitrogen and oxygen atoms in total. The van der Waals surface area contributed by atoms with Gasteiger partial charge in [0.15, 0.2) is 0 Å². The molecule has 2 aromatic rings. The highest BCUT2D eigenvalue weighted by Gasteiger charge is 1.99. The van der Waals surface area contributed by atoms with Gasteiger partial charge in [-0.25, -0.2) is 0 Å². The normalized spacial score (nSPS) is 10.7. The Morgan fingerprint density at radius 3 is 2.36 bits per heavy atom. The summed E-state index contributed by atoms with van der Waals surface area (Å²) in [5.74, 6) is 0. The molecular formula is C13H15N. The average Bonchev–Trinajstić information content (AvgIpc) is 2.19. The van der Waals surface area contributed by atoms with Crippen LogP contribution in [0.25, 0.3) is 10.8 Å². The lowest BCUT2D eigenvalue weighted by molar-refractivity contribution is 0.813. The van der Waals surface area contributed by atoms with Gasteiger partial charge in [-0.1, -0.05) is 30.3 Å². The Balaban J connectivity index is 2.59. The van der Waals surface area contributed by atoms with E-state index in [4.69, 9.17) is 0 Å². The van der Waals surface area contributed by atoms with Crippen molar-refractivity contribution in [3.8, 4) is 0 Å². The Labute approximate surface area is 84.8 Å². The number of hydrogen-bond acceptors (Lipinski definition) is 1. The van der Waals surface area contributed by atoms with Gasteiger partial charge >= 0.3 is 0 Å². The standard InChI is InChI=1S/C13H15N/c1-10-7-11-5-3-4-6-12(11)8-13(10)9-14-2/h3-8,14H,9H2,1-2H3. The van der Waals surface area contributed by atoms with Crippen LogP contribution in [0.3, 0.4) is 0 Å². The summed E-state index contributed by atoms with van der Waals surface area (Å²) in [5, 5.41) is 5.84. The molecule has 0 aliphatic heterocycles. The minimum Gasteiger partial charge on any atom is -0.316 e. The van der Waals surface area contributed by atoms with E-state index in [0.29, 0.717) is 0 Å². The molecule has 1 heteroatoms. The molecule has 14 heavy (non-hydrogen) atoms. The fraction of sp³-hybridized carbons (Fsp3) is 0.231. The molecule has 0 radical (unpaired) electrons.